The van der Waals surface area contributed by atoms with E-state index in [4.69, 9.17) is 14.2 Å². The molecule has 1 aromatic rings. The summed E-state index contributed by atoms with van der Waals surface area (Å²) in [7, 11) is 0. The highest BCUT2D eigenvalue weighted by atomic mass is 16.6. The van der Waals surface area contributed by atoms with Gasteiger partial charge < -0.3 is 14.2 Å². The van der Waals surface area contributed by atoms with E-state index in [9.17, 15) is 9.59 Å². The molecule has 5 heteroatoms. The molecule has 0 radical (unpaired) electrons. The average molecular weight is 278 g/mol. The Bertz CT molecular complexity index is 444. The van der Waals surface area contributed by atoms with Crippen molar-refractivity contribution < 1.29 is 23.8 Å². The number of hydrogen-bond donors (Lipinski definition) is 0. The largest absolute Gasteiger partial charge is 0.495 e. The van der Waals surface area contributed by atoms with Gasteiger partial charge in [-0.3, -0.25) is 0 Å². The van der Waals surface area contributed by atoms with Gasteiger partial charge in [0.15, 0.2) is 5.57 Å². The molecule has 0 atom stereocenters. The highest BCUT2D eigenvalue weighted by molar-refractivity contribution is 6.13. The number of esters is 2. The van der Waals surface area contributed by atoms with Crippen LogP contribution >= 0.6 is 0 Å². The van der Waals surface area contributed by atoms with Gasteiger partial charge in [0, 0.05) is 0 Å². The molecule has 0 aliphatic rings. The Morgan fingerprint density at radius 1 is 1.00 bits per heavy atom. The topological polar surface area (TPSA) is 61.8 Å². The third-order valence-corrected chi connectivity index (χ3v) is 2.28. The average Bonchev–Trinajstić information content (AvgIpc) is 2.45. The zero-order valence-corrected chi connectivity index (χ0v) is 11.6. The minimum absolute atomic E-state index is 0.175. The number of benzene rings is 1. The first kappa shape index (κ1) is 15.8. The van der Waals surface area contributed by atoms with E-state index in [1.807, 2.05) is 30.3 Å². The van der Waals surface area contributed by atoms with Crippen LogP contribution in [0, 0.1) is 0 Å². The Balaban J connectivity index is 2.69. The number of carbonyl (C=O) groups excluding carboxylic acids is 2. The first-order valence-corrected chi connectivity index (χ1v) is 6.39. The lowest BCUT2D eigenvalue weighted by Crippen LogP contribution is -2.18. The molecular formula is C15H18O5. The van der Waals surface area contributed by atoms with Gasteiger partial charge in [-0.2, -0.15) is 0 Å². The van der Waals surface area contributed by atoms with Crippen molar-refractivity contribution in [3.8, 4) is 0 Å². The molecule has 0 aromatic heterocycles. The van der Waals surface area contributed by atoms with E-state index in [2.05, 4.69) is 0 Å². The van der Waals surface area contributed by atoms with Crippen molar-refractivity contribution >= 4 is 11.9 Å². The number of carbonyl (C=O) groups is 2. The van der Waals surface area contributed by atoms with Crippen LogP contribution in [-0.2, 0) is 30.4 Å². The molecule has 0 unspecified atom stereocenters. The number of ether oxygens (including phenoxy) is 3. The molecule has 0 saturated carbocycles. The van der Waals surface area contributed by atoms with E-state index in [0.717, 1.165) is 11.8 Å². The highest BCUT2D eigenvalue weighted by Gasteiger charge is 2.21. The van der Waals surface area contributed by atoms with E-state index in [1.54, 1.807) is 13.8 Å². The Morgan fingerprint density at radius 3 is 2.05 bits per heavy atom. The Labute approximate surface area is 118 Å². The van der Waals surface area contributed by atoms with Crippen molar-refractivity contribution in [3.05, 3.63) is 47.7 Å². The molecule has 1 aromatic carbocycles. The van der Waals surface area contributed by atoms with Gasteiger partial charge in [0.1, 0.15) is 12.9 Å². The van der Waals surface area contributed by atoms with Crippen molar-refractivity contribution in [3.63, 3.8) is 0 Å². The molecule has 108 valence electrons. The van der Waals surface area contributed by atoms with Crippen LogP contribution in [0.5, 0.6) is 0 Å². The first-order valence-electron chi connectivity index (χ1n) is 6.39. The van der Waals surface area contributed by atoms with E-state index in [-0.39, 0.29) is 25.4 Å². The quantitative estimate of drug-likeness (QED) is 0.251. The van der Waals surface area contributed by atoms with Gasteiger partial charge in [-0.15, -0.1) is 0 Å². The minimum atomic E-state index is -0.751. The van der Waals surface area contributed by atoms with Crippen molar-refractivity contribution in [1.29, 1.82) is 0 Å². The lowest BCUT2D eigenvalue weighted by Gasteiger charge is -2.07. The van der Waals surface area contributed by atoms with Crippen LogP contribution in [-0.4, -0.2) is 25.2 Å². The zero-order chi connectivity index (χ0) is 14.8. The molecule has 5 nitrogen and oxygen atoms in total. The second-order valence-electron chi connectivity index (χ2n) is 3.77. The SMILES string of the molecule is CCOC(=O)C(=COCc1ccccc1)C(=O)OCC. The maximum Gasteiger partial charge on any atom is 0.348 e. The summed E-state index contributed by atoms with van der Waals surface area (Å²) >= 11 is 0. The molecule has 1 rings (SSSR count). The zero-order valence-electron chi connectivity index (χ0n) is 11.6. The molecule has 20 heavy (non-hydrogen) atoms. The summed E-state index contributed by atoms with van der Waals surface area (Å²) in [5, 5.41) is 0. The lowest BCUT2D eigenvalue weighted by atomic mass is 10.2. The fourth-order valence-electron chi connectivity index (χ4n) is 1.39. The standard InChI is InChI=1S/C15H18O5/c1-3-19-14(16)13(15(17)20-4-2)11-18-10-12-8-6-5-7-9-12/h5-9,11H,3-4,10H2,1-2H3. The first-order chi connectivity index (χ1) is 9.69. The number of hydrogen-bond acceptors (Lipinski definition) is 5. The molecule has 0 fully saturated rings. The van der Waals surface area contributed by atoms with Crippen molar-refractivity contribution in [2.24, 2.45) is 0 Å². The second-order valence-corrected chi connectivity index (χ2v) is 3.77. The Morgan fingerprint density at radius 2 is 1.55 bits per heavy atom. The van der Waals surface area contributed by atoms with Crippen LogP contribution in [0.4, 0.5) is 0 Å². The van der Waals surface area contributed by atoms with Gasteiger partial charge in [0.25, 0.3) is 0 Å². The Hall–Kier alpha value is -2.30. The molecule has 0 heterocycles. The normalized spacial score (nSPS) is 9.50. The summed E-state index contributed by atoms with van der Waals surface area (Å²) in [5.74, 6) is -1.50. The van der Waals surface area contributed by atoms with Gasteiger partial charge in [-0.1, -0.05) is 30.3 Å². The number of rotatable bonds is 7. The molecule has 0 N–H and O–H groups in total. The summed E-state index contributed by atoms with van der Waals surface area (Å²) in [6.07, 6.45) is 1.09. The predicted molar refractivity (Wildman–Crippen MR) is 72.6 cm³/mol. The van der Waals surface area contributed by atoms with Crippen LogP contribution in [0.1, 0.15) is 19.4 Å². The third kappa shape index (κ3) is 5.14. The molecule has 0 saturated heterocycles. The van der Waals surface area contributed by atoms with Crippen LogP contribution in [0.15, 0.2) is 42.2 Å². The summed E-state index contributed by atoms with van der Waals surface area (Å²) < 4.78 is 14.8. The van der Waals surface area contributed by atoms with Crippen LogP contribution in [0.2, 0.25) is 0 Å². The molecule has 0 bridgehead atoms. The molecule has 0 amide bonds. The fourth-order valence-corrected chi connectivity index (χ4v) is 1.39. The maximum atomic E-state index is 11.6. The highest BCUT2D eigenvalue weighted by Crippen LogP contribution is 2.06. The maximum absolute atomic E-state index is 11.6. The summed E-state index contributed by atoms with van der Waals surface area (Å²) in [6, 6.07) is 9.40. The van der Waals surface area contributed by atoms with Gasteiger partial charge in [-0.05, 0) is 19.4 Å². The van der Waals surface area contributed by atoms with Crippen LogP contribution in [0.3, 0.4) is 0 Å². The third-order valence-electron chi connectivity index (χ3n) is 2.28. The smallest absolute Gasteiger partial charge is 0.348 e. The second kappa shape index (κ2) is 8.74. The van der Waals surface area contributed by atoms with Crippen LogP contribution < -0.4 is 0 Å². The summed E-state index contributed by atoms with van der Waals surface area (Å²) in [5.41, 5.74) is 0.681. The van der Waals surface area contributed by atoms with E-state index < -0.39 is 11.9 Å². The van der Waals surface area contributed by atoms with Crippen molar-refractivity contribution in [2.45, 2.75) is 20.5 Å². The Kier molecular flexibility index (Phi) is 6.89. The van der Waals surface area contributed by atoms with Gasteiger partial charge in [0.2, 0.25) is 0 Å². The van der Waals surface area contributed by atoms with E-state index in [0.29, 0.717) is 0 Å². The summed E-state index contributed by atoms with van der Waals surface area (Å²) in [4.78, 5) is 23.3. The monoisotopic (exact) mass is 278 g/mol. The summed E-state index contributed by atoms with van der Waals surface area (Å²) in [6.45, 7) is 3.92. The van der Waals surface area contributed by atoms with Gasteiger partial charge in [0.05, 0.1) is 13.2 Å². The van der Waals surface area contributed by atoms with Gasteiger partial charge >= 0.3 is 11.9 Å². The van der Waals surface area contributed by atoms with Crippen molar-refractivity contribution in [2.75, 3.05) is 13.2 Å². The van der Waals surface area contributed by atoms with Crippen molar-refractivity contribution in [1.82, 2.24) is 0 Å². The fraction of sp³-hybridized carbons (Fsp3) is 0.333. The molecular weight excluding hydrogens is 260 g/mol. The molecule has 0 aliphatic carbocycles. The lowest BCUT2D eigenvalue weighted by molar-refractivity contribution is -0.146. The minimum Gasteiger partial charge on any atom is -0.495 e. The molecule has 0 spiro atoms. The van der Waals surface area contributed by atoms with Crippen LogP contribution in [0.25, 0.3) is 0 Å². The predicted octanol–water partition coefficient (Wildman–Crippen LogP) is 2.21. The van der Waals surface area contributed by atoms with E-state index >= 15 is 0 Å². The molecule has 0 aliphatic heterocycles. The van der Waals surface area contributed by atoms with E-state index in [1.165, 1.54) is 0 Å². The van der Waals surface area contributed by atoms with Gasteiger partial charge in [-0.25, -0.2) is 9.59 Å².